The topological polar surface area (TPSA) is 20.2 Å². The van der Waals surface area contributed by atoms with Crippen LogP contribution in [0.4, 0.5) is 0 Å². The normalized spacial score (nSPS) is 12.1. The van der Waals surface area contributed by atoms with E-state index in [1.54, 1.807) is 6.92 Å². The van der Waals surface area contributed by atoms with Crippen LogP contribution in [-0.2, 0) is 0 Å². The summed E-state index contributed by atoms with van der Waals surface area (Å²) in [5.74, 6) is 5.51. The van der Waals surface area contributed by atoms with Crippen LogP contribution in [0.1, 0.15) is 58.3 Å². The number of hydrogen-bond acceptors (Lipinski definition) is 1. The second-order valence-electron chi connectivity index (χ2n) is 4.35. The highest BCUT2D eigenvalue weighted by molar-refractivity contribution is 5.16. The molecule has 0 unspecified atom stereocenters. The average Bonchev–Trinajstić information content (AvgIpc) is 2.30. The van der Waals surface area contributed by atoms with Gasteiger partial charge >= 0.3 is 0 Å². The van der Waals surface area contributed by atoms with E-state index in [0.29, 0.717) is 0 Å². The zero-order chi connectivity index (χ0) is 12.8. The van der Waals surface area contributed by atoms with Gasteiger partial charge in [0.25, 0.3) is 0 Å². The summed E-state index contributed by atoms with van der Waals surface area (Å²) in [6.45, 7) is 5.39. The lowest BCUT2D eigenvalue weighted by Gasteiger charge is -1.98. The number of hydrogen-bond donors (Lipinski definition) is 1. The van der Waals surface area contributed by atoms with E-state index in [2.05, 4.69) is 24.5 Å². The van der Waals surface area contributed by atoms with Gasteiger partial charge in [0.2, 0.25) is 0 Å². The first kappa shape index (κ1) is 16.0. The summed E-state index contributed by atoms with van der Waals surface area (Å²) in [6, 6.07) is 0. The van der Waals surface area contributed by atoms with Crippen LogP contribution in [0.2, 0.25) is 0 Å². The van der Waals surface area contributed by atoms with Crippen LogP contribution in [0.3, 0.4) is 0 Å². The molecule has 0 aliphatic carbocycles. The minimum absolute atomic E-state index is 0.518. The Kier molecular flexibility index (Phi) is 12.3. The lowest BCUT2D eigenvalue weighted by atomic mass is 10.1. The molecule has 0 aliphatic heterocycles. The maximum absolute atomic E-state index is 8.90. The Labute approximate surface area is 107 Å². The van der Waals surface area contributed by atoms with Crippen molar-refractivity contribution in [3.05, 3.63) is 24.8 Å². The molecule has 0 aromatic rings. The minimum atomic E-state index is -0.518. The summed E-state index contributed by atoms with van der Waals surface area (Å²) in [4.78, 5) is 0. The van der Waals surface area contributed by atoms with Crippen LogP contribution in [0.5, 0.6) is 0 Å². The molecule has 0 aliphatic rings. The van der Waals surface area contributed by atoms with E-state index in [1.807, 2.05) is 12.2 Å². The second-order valence-corrected chi connectivity index (χ2v) is 4.35. The Balaban J connectivity index is 3.19. The van der Waals surface area contributed by atoms with Crippen LogP contribution < -0.4 is 0 Å². The third-order valence-electron chi connectivity index (χ3n) is 2.52. The number of allylic oxidation sites excluding steroid dienone is 3. The maximum Gasteiger partial charge on any atom is 0.112 e. The van der Waals surface area contributed by atoms with E-state index in [-0.39, 0.29) is 0 Å². The van der Waals surface area contributed by atoms with Crippen molar-refractivity contribution in [3.8, 4) is 11.8 Å². The molecule has 0 bridgehead atoms. The third kappa shape index (κ3) is 15.0. The van der Waals surface area contributed by atoms with Gasteiger partial charge in [-0.15, -0.1) is 6.58 Å². The van der Waals surface area contributed by atoms with Gasteiger partial charge in [-0.3, -0.25) is 0 Å². The quantitative estimate of drug-likeness (QED) is 0.359. The zero-order valence-electron chi connectivity index (χ0n) is 11.1. The van der Waals surface area contributed by atoms with Crippen molar-refractivity contribution in [3.63, 3.8) is 0 Å². The molecule has 1 heteroatoms. The third-order valence-corrected chi connectivity index (χ3v) is 2.52. The maximum atomic E-state index is 8.90. The molecular formula is C16H26O. The Morgan fingerprint density at radius 1 is 1.06 bits per heavy atom. The number of aliphatic hydroxyl groups excluding tert-OH is 1. The lowest BCUT2D eigenvalue weighted by molar-refractivity contribution is 0.253. The predicted molar refractivity (Wildman–Crippen MR) is 75.7 cm³/mol. The molecule has 0 aromatic heterocycles. The van der Waals surface area contributed by atoms with Gasteiger partial charge in [-0.2, -0.15) is 0 Å². The Bertz CT molecular complexity index is 252. The van der Waals surface area contributed by atoms with Gasteiger partial charge in [-0.25, -0.2) is 0 Å². The molecule has 0 heterocycles. The van der Waals surface area contributed by atoms with Crippen molar-refractivity contribution in [2.75, 3.05) is 0 Å². The molecule has 0 spiro atoms. The van der Waals surface area contributed by atoms with Crippen LogP contribution in [0.25, 0.3) is 0 Å². The summed E-state index contributed by atoms with van der Waals surface area (Å²) in [5.41, 5.74) is 0. The van der Waals surface area contributed by atoms with Gasteiger partial charge in [0, 0.05) is 0 Å². The Morgan fingerprint density at radius 2 is 1.65 bits per heavy atom. The predicted octanol–water partition coefficient (Wildman–Crippen LogP) is 4.23. The van der Waals surface area contributed by atoms with Crippen LogP contribution >= 0.6 is 0 Å². The molecule has 0 radical (unpaired) electrons. The summed E-state index contributed by atoms with van der Waals surface area (Å²) in [7, 11) is 0. The lowest BCUT2D eigenvalue weighted by Crippen LogP contribution is -1.91. The highest BCUT2D eigenvalue weighted by Gasteiger charge is 1.89. The second kappa shape index (κ2) is 13.1. The summed E-state index contributed by atoms with van der Waals surface area (Å²) >= 11 is 0. The molecule has 96 valence electrons. The highest BCUT2D eigenvalue weighted by Crippen LogP contribution is 2.08. The fourth-order valence-electron chi connectivity index (χ4n) is 1.57. The number of rotatable bonds is 9. The average molecular weight is 234 g/mol. The van der Waals surface area contributed by atoms with Crippen LogP contribution in [0.15, 0.2) is 24.8 Å². The molecule has 0 fully saturated rings. The first-order valence-electron chi connectivity index (χ1n) is 6.72. The van der Waals surface area contributed by atoms with Crippen LogP contribution in [0, 0.1) is 11.8 Å². The van der Waals surface area contributed by atoms with Gasteiger partial charge < -0.3 is 5.11 Å². The summed E-state index contributed by atoms with van der Waals surface area (Å²) < 4.78 is 0. The Morgan fingerprint density at radius 3 is 2.24 bits per heavy atom. The van der Waals surface area contributed by atoms with Crippen molar-refractivity contribution in [1.82, 2.24) is 0 Å². The van der Waals surface area contributed by atoms with E-state index in [0.717, 1.165) is 12.8 Å². The molecule has 1 atom stereocenters. The van der Waals surface area contributed by atoms with E-state index in [4.69, 9.17) is 5.11 Å². The molecule has 1 N–H and O–H groups in total. The molecule has 0 rings (SSSR count). The summed E-state index contributed by atoms with van der Waals surface area (Å²) in [5, 5.41) is 8.90. The monoisotopic (exact) mass is 234 g/mol. The fraction of sp³-hybridized carbons (Fsp3) is 0.625. The summed E-state index contributed by atoms with van der Waals surface area (Å²) in [6.07, 6.45) is 15.5. The Hall–Kier alpha value is -1.00. The van der Waals surface area contributed by atoms with Crippen molar-refractivity contribution in [2.45, 2.75) is 64.4 Å². The van der Waals surface area contributed by atoms with Crippen molar-refractivity contribution in [2.24, 2.45) is 0 Å². The number of aliphatic hydroxyl groups is 1. The standard InChI is InChI=1S/C16H26O/c1-3-4-5-6-7-8-9-10-11-12-13-14-15-16(2)17/h3,12-13,16-17H,1,4-11H2,2H3/b13-12+/t16-/m0/s1. The molecule has 0 amide bonds. The molecule has 0 saturated heterocycles. The number of unbranched alkanes of at least 4 members (excludes halogenated alkanes) is 7. The van der Waals surface area contributed by atoms with Crippen LogP contribution in [-0.4, -0.2) is 11.2 Å². The van der Waals surface area contributed by atoms with E-state index < -0.39 is 6.10 Å². The zero-order valence-corrected chi connectivity index (χ0v) is 11.1. The SMILES string of the molecule is C=CCCCCCCCC/C=C/C#C[C@H](C)O. The molecule has 17 heavy (non-hydrogen) atoms. The van der Waals surface area contributed by atoms with Gasteiger partial charge in [-0.05, 0) is 38.7 Å². The van der Waals surface area contributed by atoms with Crippen molar-refractivity contribution in [1.29, 1.82) is 0 Å². The molecule has 0 aromatic carbocycles. The fourth-order valence-corrected chi connectivity index (χ4v) is 1.57. The van der Waals surface area contributed by atoms with Gasteiger partial charge in [-0.1, -0.05) is 49.7 Å². The van der Waals surface area contributed by atoms with Gasteiger partial charge in [0.1, 0.15) is 6.10 Å². The van der Waals surface area contributed by atoms with E-state index in [9.17, 15) is 0 Å². The molecule has 0 saturated carbocycles. The van der Waals surface area contributed by atoms with E-state index in [1.165, 1.54) is 38.5 Å². The minimum Gasteiger partial charge on any atom is -0.381 e. The molecule has 1 nitrogen and oxygen atoms in total. The van der Waals surface area contributed by atoms with Crippen molar-refractivity contribution >= 4 is 0 Å². The first-order chi connectivity index (χ1) is 8.27. The van der Waals surface area contributed by atoms with Gasteiger partial charge in [0.05, 0.1) is 0 Å². The molecular weight excluding hydrogens is 208 g/mol. The van der Waals surface area contributed by atoms with E-state index >= 15 is 0 Å². The highest BCUT2D eigenvalue weighted by atomic mass is 16.3. The van der Waals surface area contributed by atoms with Gasteiger partial charge in [0.15, 0.2) is 0 Å². The largest absolute Gasteiger partial charge is 0.381 e. The van der Waals surface area contributed by atoms with Crippen molar-refractivity contribution < 1.29 is 5.11 Å². The first-order valence-corrected chi connectivity index (χ1v) is 6.72. The smallest absolute Gasteiger partial charge is 0.112 e.